The van der Waals surface area contributed by atoms with E-state index >= 15 is 0 Å². The Morgan fingerprint density at radius 1 is 1.10 bits per heavy atom. The van der Waals surface area contributed by atoms with Gasteiger partial charge in [0.2, 0.25) is 5.91 Å². The Hall–Kier alpha value is -2.21. The van der Waals surface area contributed by atoms with Gasteiger partial charge in [0.15, 0.2) is 0 Å². The Morgan fingerprint density at radius 2 is 1.70 bits per heavy atom. The van der Waals surface area contributed by atoms with E-state index in [-0.39, 0.29) is 18.0 Å². The first-order valence-corrected chi connectivity index (χ1v) is 6.62. The molecule has 0 spiro atoms. The standard InChI is InChI=1S/C14H11BrN2O3/c15-11-3-5-12(6-4-11)16-14(18)9-10-1-7-13(8-2-10)17(19)20/h1-8H,9H2,(H,16,18). The van der Waals surface area contributed by atoms with Crippen molar-refractivity contribution in [3.05, 3.63) is 68.7 Å². The second kappa shape index (κ2) is 6.29. The first-order valence-electron chi connectivity index (χ1n) is 5.83. The highest BCUT2D eigenvalue weighted by atomic mass is 79.9. The number of nitro benzene ring substituents is 1. The van der Waals surface area contributed by atoms with Gasteiger partial charge in [-0.2, -0.15) is 0 Å². The van der Waals surface area contributed by atoms with Crippen LogP contribution in [0, 0.1) is 10.1 Å². The lowest BCUT2D eigenvalue weighted by molar-refractivity contribution is -0.384. The van der Waals surface area contributed by atoms with Crippen LogP contribution in [-0.2, 0) is 11.2 Å². The molecule has 5 nitrogen and oxygen atoms in total. The Bertz CT molecular complexity index is 624. The average molecular weight is 335 g/mol. The molecule has 0 saturated carbocycles. The van der Waals surface area contributed by atoms with Gasteiger partial charge in [-0.1, -0.05) is 28.1 Å². The number of benzene rings is 2. The number of carbonyl (C=O) groups excluding carboxylic acids is 1. The van der Waals surface area contributed by atoms with Crippen LogP contribution in [0.25, 0.3) is 0 Å². The lowest BCUT2D eigenvalue weighted by Gasteiger charge is -2.05. The molecule has 6 heteroatoms. The topological polar surface area (TPSA) is 72.2 Å². The van der Waals surface area contributed by atoms with Gasteiger partial charge in [0.05, 0.1) is 11.3 Å². The van der Waals surface area contributed by atoms with Gasteiger partial charge in [-0.15, -0.1) is 0 Å². The quantitative estimate of drug-likeness (QED) is 0.686. The van der Waals surface area contributed by atoms with Crippen LogP contribution in [-0.4, -0.2) is 10.8 Å². The van der Waals surface area contributed by atoms with Crippen LogP contribution in [0.3, 0.4) is 0 Å². The smallest absolute Gasteiger partial charge is 0.269 e. The average Bonchev–Trinajstić information content (AvgIpc) is 2.42. The molecule has 0 aromatic heterocycles. The number of hydrogen-bond donors (Lipinski definition) is 1. The number of nitro groups is 1. The molecule has 2 aromatic rings. The summed E-state index contributed by atoms with van der Waals surface area (Å²) in [6, 6.07) is 13.2. The summed E-state index contributed by atoms with van der Waals surface area (Å²) in [5.74, 6) is -0.166. The van der Waals surface area contributed by atoms with Crippen LogP contribution in [0.1, 0.15) is 5.56 Å². The van der Waals surface area contributed by atoms with Gasteiger partial charge in [-0.3, -0.25) is 14.9 Å². The third-order valence-corrected chi connectivity index (χ3v) is 3.17. The minimum absolute atomic E-state index is 0.0158. The normalized spacial score (nSPS) is 10.1. The zero-order chi connectivity index (χ0) is 14.5. The van der Waals surface area contributed by atoms with Crippen LogP contribution in [0.2, 0.25) is 0 Å². The van der Waals surface area contributed by atoms with Crippen LogP contribution in [0.15, 0.2) is 53.0 Å². The fourth-order valence-corrected chi connectivity index (χ4v) is 1.92. The second-order valence-corrected chi connectivity index (χ2v) is 5.07. The summed E-state index contributed by atoms with van der Waals surface area (Å²) < 4.78 is 0.936. The van der Waals surface area contributed by atoms with Crippen molar-refractivity contribution in [1.29, 1.82) is 0 Å². The van der Waals surface area contributed by atoms with Crippen LogP contribution < -0.4 is 5.32 Å². The van der Waals surface area contributed by atoms with Crippen molar-refractivity contribution in [2.45, 2.75) is 6.42 Å². The molecule has 0 heterocycles. The monoisotopic (exact) mass is 334 g/mol. The number of hydrogen-bond acceptors (Lipinski definition) is 3. The highest BCUT2D eigenvalue weighted by molar-refractivity contribution is 9.10. The first kappa shape index (κ1) is 14.2. The molecule has 0 atom stereocenters. The van der Waals surface area contributed by atoms with E-state index in [0.717, 1.165) is 10.0 Å². The second-order valence-electron chi connectivity index (χ2n) is 4.16. The van der Waals surface area contributed by atoms with E-state index in [0.29, 0.717) is 5.69 Å². The maximum Gasteiger partial charge on any atom is 0.269 e. The number of non-ortho nitro benzene ring substituents is 1. The Labute approximate surface area is 123 Å². The van der Waals surface area contributed by atoms with Crippen molar-refractivity contribution >= 4 is 33.2 Å². The van der Waals surface area contributed by atoms with E-state index in [4.69, 9.17) is 0 Å². The summed E-state index contributed by atoms with van der Waals surface area (Å²) in [4.78, 5) is 21.9. The summed E-state index contributed by atoms with van der Waals surface area (Å²) in [5, 5.41) is 13.3. The molecule has 0 aliphatic carbocycles. The van der Waals surface area contributed by atoms with Crippen molar-refractivity contribution in [1.82, 2.24) is 0 Å². The van der Waals surface area contributed by atoms with Gasteiger partial charge in [-0.25, -0.2) is 0 Å². The number of anilines is 1. The van der Waals surface area contributed by atoms with Gasteiger partial charge >= 0.3 is 0 Å². The molecule has 2 aromatic carbocycles. The molecule has 0 radical (unpaired) electrons. The lowest BCUT2D eigenvalue weighted by atomic mass is 10.1. The largest absolute Gasteiger partial charge is 0.326 e. The lowest BCUT2D eigenvalue weighted by Crippen LogP contribution is -2.14. The van der Waals surface area contributed by atoms with Gasteiger partial charge < -0.3 is 5.32 Å². The van der Waals surface area contributed by atoms with Crippen LogP contribution >= 0.6 is 15.9 Å². The third-order valence-electron chi connectivity index (χ3n) is 2.64. The van der Waals surface area contributed by atoms with Crippen molar-refractivity contribution < 1.29 is 9.72 Å². The van der Waals surface area contributed by atoms with Crippen molar-refractivity contribution in [3.8, 4) is 0 Å². The summed E-state index contributed by atoms with van der Waals surface area (Å²) in [5.41, 5.74) is 1.45. The predicted molar refractivity (Wildman–Crippen MR) is 79.6 cm³/mol. The van der Waals surface area contributed by atoms with Gasteiger partial charge in [0.25, 0.3) is 5.69 Å². The molecular weight excluding hydrogens is 324 g/mol. The van der Waals surface area contributed by atoms with Gasteiger partial charge in [0.1, 0.15) is 0 Å². The van der Waals surface area contributed by atoms with E-state index in [1.807, 2.05) is 12.1 Å². The molecule has 1 amide bonds. The van der Waals surface area contributed by atoms with E-state index in [2.05, 4.69) is 21.2 Å². The van der Waals surface area contributed by atoms with Crippen molar-refractivity contribution in [2.24, 2.45) is 0 Å². The maximum atomic E-state index is 11.8. The summed E-state index contributed by atoms with van der Waals surface area (Å²) >= 11 is 3.32. The zero-order valence-electron chi connectivity index (χ0n) is 10.4. The molecule has 20 heavy (non-hydrogen) atoms. The van der Waals surface area contributed by atoms with Gasteiger partial charge in [-0.05, 0) is 29.8 Å². The number of amides is 1. The maximum absolute atomic E-state index is 11.8. The summed E-state index contributed by atoms with van der Waals surface area (Å²) in [7, 11) is 0. The van der Waals surface area contributed by atoms with E-state index in [9.17, 15) is 14.9 Å². The Balaban J connectivity index is 1.97. The Kier molecular flexibility index (Phi) is 4.47. The summed E-state index contributed by atoms with van der Waals surface area (Å²) in [6.07, 6.45) is 0.175. The van der Waals surface area contributed by atoms with Crippen molar-refractivity contribution in [2.75, 3.05) is 5.32 Å². The number of nitrogens with zero attached hydrogens (tertiary/aromatic N) is 1. The Morgan fingerprint density at radius 3 is 2.25 bits per heavy atom. The molecule has 0 fully saturated rings. The molecule has 0 aliphatic heterocycles. The predicted octanol–water partition coefficient (Wildman–Crippen LogP) is 3.54. The fourth-order valence-electron chi connectivity index (χ4n) is 1.66. The number of rotatable bonds is 4. The molecule has 0 unspecified atom stereocenters. The minimum Gasteiger partial charge on any atom is -0.326 e. The molecule has 2 rings (SSSR count). The molecule has 0 bridgehead atoms. The highest BCUT2D eigenvalue weighted by Crippen LogP contribution is 2.15. The fraction of sp³-hybridized carbons (Fsp3) is 0.0714. The highest BCUT2D eigenvalue weighted by Gasteiger charge is 2.07. The number of halogens is 1. The molecule has 102 valence electrons. The summed E-state index contributed by atoms with van der Waals surface area (Å²) in [6.45, 7) is 0. The van der Waals surface area contributed by atoms with E-state index in [1.165, 1.54) is 12.1 Å². The number of nitrogens with one attached hydrogen (secondary N) is 1. The minimum atomic E-state index is -0.467. The van der Waals surface area contributed by atoms with Crippen LogP contribution in [0.5, 0.6) is 0 Å². The van der Waals surface area contributed by atoms with Gasteiger partial charge in [0, 0.05) is 22.3 Å². The molecule has 0 saturated heterocycles. The van der Waals surface area contributed by atoms with E-state index in [1.54, 1.807) is 24.3 Å². The molecule has 1 N–H and O–H groups in total. The molecular formula is C14H11BrN2O3. The zero-order valence-corrected chi connectivity index (χ0v) is 12.0. The first-order chi connectivity index (χ1) is 9.54. The number of carbonyl (C=O) groups is 1. The van der Waals surface area contributed by atoms with Crippen molar-refractivity contribution in [3.63, 3.8) is 0 Å². The molecule has 0 aliphatic rings. The SMILES string of the molecule is O=C(Cc1ccc([N+](=O)[O-])cc1)Nc1ccc(Br)cc1. The third kappa shape index (κ3) is 3.89. The van der Waals surface area contributed by atoms with E-state index < -0.39 is 4.92 Å². The van der Waals surface area contributed by atoms with Crippen LogP contribution in [0.4, 0.5) is 11.4 Å².